The molecule has 29 heavy (non-hydrogen) atoms. The predicted molar refractivity (Wildman–Crippen MR) is 114 cm³/mol. The highest BCUT2D eigenvalue weighted by atomic mass is 35.5. The summed E-state index contributed by atoms with van der Waals surface area (Å²) in [5, 5.41) is 1.28. The number of anilines is 1. The fourth-order valence-corrected chi connectivity index (χ4v) is 4.04. The van der Waals surface area contributed by atoms with Gasteiger partial charge >= 0.3 is 0 Å². The van der Waals surface area contributed by atoms with Crippen LogP contribution in [-0.2, 0) is 4.84 Å². The number of fused-ring (bicyclic) bond motifs is 1. The molecule has 0 spiro atoms. The summed E-state index contributed by atoms with van der Waals surface area (Å²) < 4.78 is 5.59. The van der Waals surface area contributed by atoms with Gasteiger partial charge in [-0.25, -0.2) is 5.48 Å². The van der Waals surface area contributed by atoms with Gasteiger partial charge in [-0.2, -0.15) is 4.98 Å². The van der Waals surface area contributed by atoms with Crippen LogP contribution in [0.2, 0.25) is 5.02 Å². The van der Waals surface area contributed by atoms with E-state index in [2.05, 4.69) is 15.4 Å². The number of carbonyl (C=O) groups excluding carboxylic acids is 1. The summed E-state index contributed by atoms with van der Waals surface area (Å²) in [6.07, 6.45) is 5.24. The van der Waals surface area contributed by atoms with Gasteiger partial charge in [-0.1, -0.05) is 11.6 Å². The minimum absolute atomic E-state index is 0.336. The molecule has 3 heterocycles. The van der Waals surface area contributed by atoms with Crippen LogP contribution in [0.1, 0.15) is 29.6 Å². The van der Waals surface area contributed by atoms with Crippen LogP contribution < -0.4 is 15.1 Å². The maximum absolute atomic E-state index is 12.3. The number of benzene rings is 1. The second-order valence-corrected chi connectivity index (χ2v) is 7.40. The SMILES string of the molecule is CONC(=O)c1c[nH]c2cc(Cl)c(-c3ccc(N4CCCCC4)nc3OC)cc12. The summed E-state index contributed by atoms with van der Waals surface area (Å²) in [7, 11) is 3.00. The van der Waals surface area contributed by atoms with E-state index in [0.717, 1.165) is 40.9 Å². The van der Waals surface area contributed by atoms with Crippen LogP contribution >= 0.6 is 11.6 Å². The lowest BCUT2D eigenvalue weighted by Crippen LogP contribution is -2.30. The van der Waals surface area contributed by atoms with E-state index in [1.54, 1.807) is 19.4 Å². The Hall–Kier alpha value is -2.77. The summed E-state index contributed by atoms with van der Waals surface area (Å²) in [6, 6.07) is 7.65. The molecular weight excluding hydrogens is 392 g/mol. The number of ether oxygens (including phenoxy) is 1. The topological polar surface area (TPSA) is 79.5 Å². The Morgan fingerprint density at radius 1 is 1.17 bits per heavy atom. The quantitative estimate of drug-likeness (QED) is 0.612. The van der Waals surface area contributed by atoms with E-state index in [4.69, 9.17) is 26.2 Å². The summed E-state index contributed by atoms with van der Waals surface area (Å²) in [6.45, 7) is 2.01. The molecule has 0 radical (unpaired) electrons. The Morgan fingerprint density at radius 3 is 2.69 bits per heavy atom. The first kappa shape index (κ1) is 19.5. The third-order valence-corrected chi connectivity index (χ3v) is 5.53. The molecule has 152 valence electrons. The number of amides is 1. The van der Waals surface area contributed by atoms with Crippen molar-refractivity contribution in [3.8, 4) is 17.0 Å². The number of nitrogens with one attached hydrogen (secondary N) is 2. The lowest BCUT2D eigenvalue weighted by Gasteiger charge is -2.28. The summed E-state index contributed by atoms with van der Waals surface area (Å²) in [4.78, 5) is 27.1. The zero-order chi connectivity index (χ0) is 20.4. The number of piperidine rings is 1. The number of methoxy groups -OCH3 is 1. The van der Waals surface area contributed by atoms with Gasteiger partial charge in [-0.3, -0.25) is 9.63 Å². The molecule has 2 aromatic heterocycles. The Kier molecular flexibility index (Phi) is 5.60. The fraction of sp³-hybridized carbons (Fsp3) is 0.333. The zero-order valence-electron chi connectivity index (χ0n) is 16.4. The molecular formula is C21H23ClN4O3. The lowest BCUT2D eigenvalue weighted by molar-refractivity contribution is 0.0539. The maximum atomic E-state index is 12.3. The Bertz CT molecular complexity index is 1040. The number of pyridine rings is 1. The third kappa shape index (κ3) is 3.75. The molecule has 4 rings (SSSR count). The first-order valence-electron chi connectivity index (χ1n) is 9.56. The molecule has 0 unspecified atom stereocenters. The Morgan fingerprint density at radius 2 is 1.97 bits per heavy atom. The van der Waals surface area contributed by atoms with Crippen LogP contribution in [0.15, 0.2) is 30.5 Å². The van der Waals surface area contributed by atoms with Crippen molar-refractivity contribution in [1.82, 2.24) is 15.4 Å². The number of H-pyrrole nitrogens is 1. The van der Waals surface area contributed by atoms with Gasteiger partial charge < -0.3 is 14.6 Å². The minimum Gasteiger partial charge on any atom is -0.480 e. The zero-order valence-corrected chi connectivity index (χ0v) is 17.2. The van der Waals surface area contributed by atoms with Crippen molar-refractivity contribution in [1.29, 1.82) is 0 Å². The first-order chi connectivity index (χ1) is 14.1. The second kappa shape index (κ2) is 8.31. The summed E-state index contributed by atoms with van der Waals surface area (Å²) in [5.74, 6) is 1.08. The van der Waals surface area contributed by atoms with Gasteiger partial charge in [0, 0.05) is 41.3 Å². The number of hydroxylamine groups is 1. The van der Waals surface area contributed by atoms with E-state index < -0.39 is 0 Å². The molecule has 0 saturated carbocycles. The van der Waals surface area contributed by atoms with Crippen molar-refractivity contribution in [2.24, 2.45) is 0 Å². The van der Waals surface area contributed by atoms with E-state index in [0.29, 0.717) is 16.5 Å². The number of carbonyl (C=O) groups is 1. The largest absolute Gasteiger partial charge is 0.480 e. The molecule has 7 nitrogen and oxygen atoms in total. The van der Waals surface area contributed by atoms with Crippen LogP contribution in [0.5, 0.6) is 5.88 Å². The molecule has 0 bridgehead atoms. The molecule has 1 fully saturated rings. The smallest absolute Gasteiger partial charge is 0.276 e. The predicted octanol–water partition coefficient (Wildman–Crippen LogP) is 4.17. The van der Waals surface area contributed by atoms with Crippen molar-refractivity contribution in [3.05, 3.63) is 41.0 Å². The second-order valence-electron chi connectivity index (χ2n) is 6.99. The van der Waals surface area contributed by atoms with Crippen molar-refractivity contribution in [3.63, 3.8) is 0 Å². The number of rotatable bonds is 5. The van der Waals surface area contributed by atoms with E-state index in [-0.39, 0.29) is 5.91 Å². The molecule has 2 N–H and O–H groups in total. The molecule has 1 aliphatic heterocycles. The van der Waals surface area contributed by atoms with Gasteiger partial charge in [0.15, 0.2) is 0 Å². The highest BCUT2D eigenvalue weighted by Gasteiger charge is 2.19. The van der Waals surface area contributed by atoms with Gasteiger partial charge in [0.05, 0.1) is 24.8 Å². The van der Waals surface area contributed by atoms with Crippen molar-refractivity contribution in [2.45, 2.75) is 19.3 Å². The Balaban J connectivity index is 1.77. The van der Waals surface area contributed by atoms with E-state index in [9.17, 15) is 4.79 Å². The van der Waals surface area contributed by atoms with Crippen LogP contribution in [0, 0.1) is 0 Å². The Labute approximate surface area is 173 Å². The van der Waals surface area contributed by atoms with Gasteiger partial charge in [-0.15, -0.1) is 0 Å². The first-order valence-corrected chi connectivity index (χ1v) is 9.94. The van der Waals surface area contributed by atoms with Crippen molar-refractivity contribution < 1.29 is 14.4 Å². The standard InChI is InChI=1S/C21H23ClN4O3/c1-28-21-13(6-7-19(24-21)26-8-4-3-5-9-26)14-10-15-16(20(27)25-29-2)12-23-18(15)11-17(14)22/h6-7,10-12,23H,3-5,8-9H2,1-2H3,(H,25,27). The van der Waals surface area contributed by atoms with Crippen LogP contribution in [-0.4, -0.2) is 43.2 Å². The molecule has 1 aliphatic rings. The van der Waals surface area contributed by atoms with Crippen LogP contribution in [0.25, 0.3) is 22.0 Å². The van der Waals surface area contributed by atoms with Gasteiger partial charge in [0.25, 0.3) is 5.91 Å². The molecule has 3 aromatic rings. The average molecular weight is 415 g/mol. The highest BCUT2D eigenvalue weighted by molar-refractivity contribution is 6.34. The van der Waals surface area contributed by atoms with Gasteiger partial charge in [0.1, 0.15) is 5.82 Å². The molecule has 8 heteroatoms. The third-order valence-electron chi connectivity index (χ3n) is 5.22. The number of halogens is 1. The van der Waals surface area contributed by atoms with E-state index in [1.807, 2.05) is 18.2 Å². The molecule has 0 atom stereocenters. The highest BCUT2D eigenvalue weighted by Crippen LogP contribution is 2.38. The summed E-state index contributed by atoms with van der Waals surface area (Å²) in [5.41, 5.74) is 5.10. The number of aromatic nitrogens is 2. The normalized spacial score (nSPS) is 14.2. The van der Waals surface area contributed by atoms with E-state index in [1.165, 1.54) is 26.4 Å². The van der Waals surface area contributed by atoms with Gasteiger partial charge in [-0.05, 0) is 43.5 Å². The summed E-state index contributed by atoms with van der Waals surface area (Å²) >= 11 is 6.57. The maximum Gasteiger partial charge on any atom is 0.276 e. The number of nitrogens with zero attached hydrogens (tertiary/aromatic N) is 2. The van der Waals surface area contributed by atoms with Gasteiger partial charge in [0.2, 0.25) is 5.88 Å². The molecule has 0 aliphatic carbocycles. The molecule has 1 amide bonds. The average Bonchev–Trinajstić information content (AvgIpc) is 3.16. The monoisotopic (exact) mass is 414 g/mol. The molecule has 1 saturated heterocycles. The number of aromatic amines is 1. The number of hydrogen-bond acceptors (Lipinski definition) is 5. The lowest BCUT2D eigenvalue weighted by atomic mass is 10.0. The number of hydrogen-bond donors (Lipinski definition) is 2. The van der Waals surface area contributed by atoms with E-state index >= 15 is 0 Å². The van der Waals surface area contributed by atoms with Crippen molar-refractivity contribution in [2.75, 3.05) is 32.2 Å². The van der Waals surface area contributed by atoms with Crippen molar-refractivity contribution >= 4 is 34.2 Å². The van der Waals surface area contributed by atoms with Crippen LogP contribution in [0.4, 0.5) is 5.82 Å². The molecule has 1 aromatic carbocycles. The fourth-order valence-electron chi connectivity index (χ4n) is 3.78. The minimum atomic E-state index is -0.336. The van der Waals surface area contributed by atoms with Crippen LogP contribution in [0.3, 0.4) is 0 Å².